The van der Waals surface area contributed by atoms with Crippen molar-refractivity contribution in [2.45, 2.75) is 13.8 Å². The van der Waals surface area contributed by atoms with Gasteiger partial charge in [-0.3, -0.25) is 4.79 Å². The molecule has 2 rings (SSSR count). The van der Waals surface area contributed by atoms with Crippen LogP contribution in [0.3, 0.4) is 0 Å². The van der Waals surface area contributed by atoms with Gasteiger partial charge in [-0.05, 0) is 71.8 Å². The van der Waals surface area contributed by atoms with Gasteiger partial charge in [-0.1, -0.05) is 18.2 Å². The number of anilines is 1. The van der Waals surface area contributed by atoms with Crippen LogP contribution in [0.25, 0.3) is 6.08 Å². The van der Waals surface area contributed by atoms with Crippen LogP contribution in [0.2, 0.25) is 0 Å². The van der Waals surface area contributed by atoms with Crippen molar-refractivity contribution in [3.8, 4) is 17.6 Å². The number of aromatic hydroxyl groups is 1. The van der Waals surface area contributed by atoms with Crippen molar-refractivity contribution in [1.29, 1.82) is 5.26 Å². The molecule has 0 aliphatic rings. The van der Waals surface area contributed by atoms with Gasteiger partial charge in [0.15, 0.2) is 11.5 Å². The van der Waals surface area contributed by atoms with Crippen molar-refractivity contribution in [3.63, 3.8) is 0 Å². The van der Waals surface area contributed by atoms with Crippen LogP contribution in [0.1, 0.15) is 18.1 Å². The molecule has 25 heavy (non-hydrogen) atoms. The van der Waals surface area contributed by atoms with Crippen molar-refractivity contribution >= 4 is 40.3 Å². The van der Waals surface area contributed by atoms with Gasteiger partial charge in [0.25, 0.3) is 5.91 Å². The number of rotatable bonds is 5. The summed E-state index contributed by atoms with van der Waals surface area (Å²) in [5, 5.41) is 22.1. The van der Waals surface area contributed by atoms with E-state index in [1.54, 1.807) is 18.2 Å². The van der Waals surface area contributed by atoms with Gasteiger partial charge in [0.05, 0.1) is 10.2 Å². The zero-order valence-corrected chi connectivity index (χ0v) is 16.0. The second-order valence-corrected chi connectivity index (χ2v) is 6.38. The predicted molar refractivity (Wildman–Crippen MR) is 105 cm³/mol. The lowest BCUT2D eigenvalue weighted by molar-refractivity contribution is -0.112. The zero-order valence-electron chi connectivity index (χ0n) is 13.8. The molecule has 0 fully saturated rings. The Hall–Kier alpha value is -2.53. The molecule has 6 heteroatoms. The first-order valence-corrected chi connectivity index (χ1v) is 8.68. The third-order valence-corrected chi connectivity index (χ3v) is 4.24. The van der Waals surface area contributed by atoms with Gasteiger partial charge in [0.1, 0.15) is 11.6 Å². The van der Waals surface area contributed by atoms with Crippen molar-refractivity contribution in [2.75, 3.05) is 11.9 Å². The van der Waals surface area contributed by atoms with Crippen molar-refractivity contribution in [1.82, 2.24) is 0 Å². The van der Waals surface area contributed by atoms with Crippen LogP contribution >= 0.6 is 22.6 Å². The Bertz CT molecular complexity index is 869. The first-order valence-electron chi connectivity index (χ1n) is 7.60. The number of para-hydroxylation sites is 1. The number of phenols is 1. The van der Waals surface area contributed by atoms with Crippen molar-refractivity contribution in [2.24, 2.45) is 0 Å². The molecule has 0 unspecified atom stereocenters. The number of carbonyl (C=O) groups excluding carboxylic acids is 1. The van der Waals surface area contributed by atoms with E-state index in [1.807, 2.05) is 60.7 Å². The molecule has 0 bridgehead atoms. The van der Waals surface area contributed by atoms with E-state index in [1.165, 1.54) is 6.08 Å². The van der Waals surface area contributed by atoms with Crippen molar-refractivity contribution in [3.05, 3.63) is 56.7 Å². The van der Waals surface area contributed by atoms with Gasteiger partial charge < -0.3 is 15.2 Å². The molecular weight excluding hydrogens is 431 g/mol. The summed E-state index contributed by atoms with van der Waals surface area (Å²) in [7, 11) is 0. The standard InChI is InChI=1S/C19H17IN2O3/c1-3-25-17-10-13(9-15(20)18(17)23)8-14(11-21)19(24)22-16-7-5-4-6-12(16)2/h4-10,23H,3H2,1-2H3,(H,22,24)/b14-8-. The van der Waals surface area contributed by atoms with Gasteiger partial charge in [0.2, 0.25) is 0 Å². The van der Waals surface area contributed by atoms with E-state index in [-0.39, 0.29) is 11.3 Å². The number of nitrogens with zero attached hydrogens (tertiary/aromatic N) is 1. The van der Waals surface area contributed by atoms with Crippen LogP contribution in [0.4, 0.5) is 5.69 Å². The normalized spacial score (nSPS) is 10.9. The number of nitrogens with one attached hydrogen (secondary N) is 1. The molecule has 0 aromatic heterocycles. The van der Waals surface area contributed by atoms with E-state index in [0.29, 0.717) is 27.2 Å². The van der Waals surface area contributed by atoms with Gasteiger partial charge in [0, 0.05) is 5.69 Å². The molecular formula is C19H17IN2O3. The van der Waals surface area contributed by atoms with E-state index in [9.17, 15) is 15.2 Å². The maximum Gasteiger partial charge on any atom is 0.266 e. The Morgan fingerprint density at radius 1 is 1.40 bits per heavy atom. The average molecular weight is 448 g/mol. The fraction of sp³-hybridized carbons (Fsp3) is 0.158. The summed E-state index contributed by atoms with van der Waals surface area (Å²) in [4.78, 5) is 12.4. The monoisotopic (exact) mass is 448 g/mol. The molecule has 0 heterocycles. The molecule has 0 saturated carbocycles. The minimum Gasteiger partial charge on any atom is -0.504 e. The highest BCUT2D eigenvalue weighted by molar-refractivity contribution is 14.1. The van der Waals surface area contributed by atoms with Crippen LogP contribution in [0.15, 0.2) is 42.0 Å². The fourth-order valence-electron chi connectivity index (χ4n) is 2.16. The number of halogens is 1. The average Bonchev–Trinajstić information content (AvgIpc) is 2.59. The molecule has 0 aliphatic heterocycles. The minimum atomic E-state index is -0.488. The predicted octanol–water partition coefficient (Wildman–Crippen LogP) is 4.25. The summed E-state index contributed by atoms with van der Waals surface area (Å²) in [6, 6.07) is 12.5. The molecule has 0 atom stereocenters. The lowest BCUT2D eigenvalue weighted by Crippen LogP contribution is -2.14. The van der Waals surface area contributed by atoms with E-state index in [4.69, 9.17) is 4.74 Å². The molecule has 0 spiro atoms. The topological polar surface area (TPSA) is 82.3 Å². The summed E-state index contributed by atoms with van der Waals surface area (Å²) in [5.41, 5.74) is 2.13. The molecule has 2 aromatic carbocycles. The molecule has 0 aliphatic carbocycles. The van der Waals surface area contributed by atoms with Gasteiger partial charge in [-0.25, -0.2) is 0 Å². The number of benzene rings is 2. The second-order valence-electron chi connectivity index (χ2n) is 5.22. The molecule has 2 aromatic rings. The number of ether oxygens (including phenoxy) is 1. The maximum atomic E-state index is 12.4. The Morgan fingerprint density at radius 3 is 2.76 bits per heavy atom. The molecule has 0 saturated heterocycles. The zero-order chi connectivity index (χ0) is 18.4. The molecule has 128 valence electrons. The summed E-state index contributed by atoms with van der Waals surface area (Å²) in [5.74, 6) is -0.127. The van der Waals surface area contributed by atoms with Crippen LogP contribution < -0.4 is 10.1 Å². The third-order valence-electron chi connectivity index (χ3n) is 3.42. The number of amides is 1. The number of hydrogen-bond acceptors (Lipinski definition) is 4. The smallest absolute Gasteiger partial charge is 0.266 e. The highest BCUT2D eigenvalue weighted by atomic mass is 127. The van der Waals surface area contributed by atoms with E-state index < -0.39 is 5.91 Å². The lowest BCUT2D eigenvalue weighted by Gasteiger charge is -2.10. The Labute approximate surface area is 160 Å². The van der Waals surface area contributed by atoms with Gasteiger partial charge >= 0.3 is 0 Å². The summed E-state index contributed by atoms with van der Waals surface area (Å²) >= 11 is 1.97. The molecule has 2 N–H and O–H groups in total. The van der Waals surface area contributed by atoms with E-state index >= 15 is 0 Å². The number of aryl methyl sites for hydroxylation is 1. The first-order chi connectivity index (χ1) is 12.0. The van der Waals surface area contributed by atoms with Crippen LogP contribution in [-0.4, -0.2) is 17.6 Å². The van der Waals surface area contributed by atoms with Gasteiger partial charge in [-0.2, -0.15) is 5.26 Å². The Morgan fingerprint density at radius 2 is 2.12 bits per heavy atom. The van der Waals surface area contributed by atoms with Crippen molar-refractivity contribution < 1.29 is 14.6 Å². The number of phenolic OH excluding ortho intramolecular Hbond substituents is 1. The first kappa shape index (κ1) is 18.8. The largest absolute Gasteiger partial charge is 0.504 e. The number of carbonyl (C=O) groups is 1. The van der Waals surface area contributed by atoms with Crippen LogP contribution in [0, 0.1) is 21.8 Å². The molecule has 5 nitrogen and oxygen atoms in total. The SMILES string of the molecule is CCOc1cc(/C=C(/C#N)C(=O)Nc2ccccc2C)cc(I)c1O. The number of hydrogen-bond donors (Lipinski definition) is 2. The second kappa shape index (κ2) is 8.53. The highest BCUT2D eigenvalue weighted by Gasteiger charge is 2.13. The highest BCUT2D eigenvalue weighted by Crippen LogP contribution is 2.33. The minimum absolute atomic E-state index is 0.0350. The Balaban J connectivity index is 2.32. The van der Waals surface area contributed by atoms with E-state index in [2.05, 4.69) is 5.32 Å². The maximum absolute atomic E-state index is 12.4. The Kier molecular flexibility index (Phi) is 6.42. The van der Waals surface area contributed by atoms with E-state index in [0.717, 1.165) is 5.56 Å². The van der Waals surface area contributed by atoms with Gasteiger partial charge in [-0.15, -0.1) is 0 Å². The number of nitriles is 1. The van der Waals surface area contributed by atoms with Crippen LogP contribution in [-0.2, 0) is 4.79 Å². The molecule has 0 radical (unpaired) electrons. The quantitative estimate of drug-likeness (QED) is 0.407. The summed E-state index contributed by atoms with van der Waals surface area (Å²) in [6.45, 7) is 4.09. The summed E-state index contributed by atoms with van der Waals surface area (Å²) < 4.78 is 5.95. The fourth-order valence-corrected chi connectivity index (χ4v) is 2.79. The third kappa shape index (κ3) is 4.73. The van der Waals surface area contributed by atoms with Crippen LogP contribution in [0.5, 0.6) is 11.5 Å². The molecule has 1 amide bonds. The summed E-state index contributed by atoms with van der Waals surface area (Å²) in [6.07, 6.45) is 1.47. The lowest BCUT2D eigenvalue weighted by atomic mass is 10.1.